The topological polar surface area (TPSA) is 29.5 Å². The molecule has 0 aliphatic heterocycles. The molecule has 1 rings (SSSR count). The number of nitrogens with zero attached hydrogens (tertiary/aromatic N) is 1. The molecule has 0 fully saturated rings. The average Bonchev–Trinajstić information content (AvgIpc) is 2.38. The van der Waals surface area contributed by atoms with Gasteiger partial charge in [0.25, 0.3) is 0 Å². The Morgan fingerprint density at radius 1 is 1.32 bits per heavy atom. The van der Waals surface area contributed by atoms with Gasteiger partial charge in [-0.1, -0.05) is 13.8 Å². The normalized spacial score (nSPS) is 11.7. The monoisotopic (exact) mass is 267 g/mol. The Bertz CT molecular complexity index is 453. The standard InChI is InChI=1S/C15H22FNO2/c1-6-17(7-2)15(3,4)14(18)12-10-11(16)8-9-13(12)19-5/h8-10H,6-7H2,1-5H3. The fourth-order valence-corrected chi connectivity index (χ4v) is 2.34. The first-order valence-electron chi connectivity index (χ1n) is 6.51. The van der Waals surface area contributed by atoms with Crippen LogP contribution in [0.4, 0.5) is 4.39 Å². The van der Waals surface area contributed by atoms with Crippen LogP contribution < -0.4 is 4.74 Å². The number of carbonyl (C=O) groups is 1. The molecule has 0 aliphatic carbocycles. The quantitative estimate of drug-likeness (QED) is 0.742. The number of ketones is 1. The number of halogens is 1. The second kappa shape index (κ2) is 6.15. The molecule has 0 atom stereocenters. The second-order valence-electron chi connectivity index (χ2n) is 4.91. The van der Waals surface area contributed by atoms with Gasteiger partial charge < -0.3 is 4.74 Å². The van der Waals surface area contributed by atoms with Crippen LogP contribution in [0, 0.1) is 5.82 Å². The van der Waals surface area contributed by atoms with Gasteiger partial charge in [-0.2, -0.15) is 0 Å². The van der Waals surface area contributed by atoms with Crippen molar-refractivity contribution in [1.29, 1.82) is 0 Å². The van der Waals surface area contributed by atoms with Gasteiger partial charge in [0, 0.05) is 0 Å². The molecule has 0 aliphatic rings. The average molecular weight is 267 g/mol. The van der Waals surface area contributed by atoms with Crippen LogP contribution in [0.15, 0.2) is 18.2 Å². The smallest absolute Gasteiger partial charge is 0.186 e. The van der Waals surface area contributed by atoms with Crippen molar-refractivity contribution in [3.05, 3.63) is 29.6 Å². The summed E-state index contributed by atoms with van der Waals surface area (Å²) in [7, 11) is 1.48. The van der Waals surface area contributed by atoms with Gasteiger partial charge in [-0.05, 0) is 45.1 Å². The molecule has 1 aromatic carbocycles. The third kappa shape index (κ3) is 3.13. The maximum absolute atomic E-state index is 13.4. The highest BCUT2D eigenvalue weighted by Gasteiger charge is 2.35. The van der Waals surface area contributed by atoms with E-state index in [2.05, 4.69) is 0 Å². The molecule has 0 unspecified atom stereocenters. The van der Waals surface area contributed by atoms with E-state index in [1.54, 1.807) is 0 Å². The maximum atomic E-state index is 13.4. The summed E-state index contributed by atoms with van der Waals surface area (Å²) in [5.74, 6) is -0.154. The summed E-state index contributed by atoms with van der Waals surface area (Å²) in [6, 6.07) is 4.02. The number of hydrogen-bond acceptors (Lipinski definition) is 3. The molecule has 0 saturated carbocycles. The Labute approximate surface area is 114 Å². The fraction of sp³-hybridized carbons (Fsp3) is 0.533. The maximum Gasteiger partial charge on any atom is 0.186 e. The van der Waals surface area contributed by atoms with Crippen LogP contribution in [0.1, 0.15) is 38.1 Å². The highest BCUT2D eigenvalue weighted by Crippen LogP contribution is 2.27. The van der Waals surface area contributed by atoms with Gasteiger partial charge >= 0.3 is 0 Å². The van der Waals surface area contributed by atoms with Crippen LogP contribution in [-0.2, 0) is 0 Å². The van der Waals surface area contributed by atoms with E-state index in [1.165, 1.54) is 25.3 Å². The van der Waals surface area contributed by atoms with Gasteiger partial charge in [0.05, 0.1) is 18.2 Å². The van der Waals surface area contributed by atoms with Crippen LogP contribution >= 0.6 is 0 Å². The van der Waals surface area contributed by atoms with Crippen molar-refractivity contribution in [2.75, 3.05) is 20.2 Å². The van der Waals surface area contributed by atoms with Gasteiger partial charge in [-0.15, -0.1) is 0 Å². The largest absolute Gasteiger partial charge is 0.496 e. The predicted molar refractivity (Wildman–Crippen MR) is 74.3 cm³/mol. The summed E-state index contributed by atoms with van der Waals surface area (Å²) in [5, 5.41) is 0. The van der Waals surface area contributed by atoms with E-state index in [-0.39, 0.29) is 5.78 Å². The zero-order chi connectivity index (χ0) is 14.6. The van der Waals surface area contributed by atoms with Gasteiger partial charge in [0.1, 0.15) is 11.6 Å². The lowest BCUT2D eigenvalue weighted by Gasteiger charge is -2.36. The van der Waals surface area contributed by atoms with Crippen molar-refractivity contribution in [2.24, 2.45) is 0 Å². The van der Waals surface area contributed by atoms with E-state index >= 15 is 0 Å². The van der Waals surface area contributed by atoms with Crippen LogP contribution in [0.3, 0.4) is 0 Å². The minimum atomic E-state index is -0.690. The second-order valence-corrected chi connectivity index (χ2v) is 4.91. The van der Waals surface area contributed by atoms with Crippen molar-refractivity contribution in [2.45, 2.75) is 33.2 Å². The summed E-state index contributed by atoms with van der Waals surface area (Å²) in [5.41, 5.74) is -0.399. The first-order chi connectivity index (χ1) is 8.88. The van der Waals surface area contributed by atoms with E-state index in [4.69, 9.17) is 4.74 Å². The number of hydrogen-bond donors (Lipinski definition) is 0. The van der Waals surface area contributed by atoms with E-state index < -0.39 is 11.4 Å². The Kier molecular flexibility index (Phi) is 5.06. The van der Waals surface area contributed by atoms with Gasteiger partial charge in [-0.25, -0.2) is 4.39 Å². The number of Topliss-reactive ketones (excluding diaryl/α,β-unsaturated/α-hetero) is 1. The van der Waals surface area contributed by atoms with Crippen LogP contribution in [0.5, 0.6) is 5.75 Å². The molecule has 0 spiro atoms. The molecule has 4 heteroatoms. The minimum Gasteiger partial charge on any atom is -0.496 e. The van der Waals surface area contributed by atoms with Crippen molar-refractivity contribution >= 4 is 5.78 Å². The van der Waals surface area contributed by atoms with Gasteiger partial charge in [-0.3, -0.25) is 9.69 Å². The van der Waals surface area contributed by atoms with E-state index in [0.29, 0.717) is 11.3 Å². The molecule has 3 nitrogen and oxygen atoms in total. The van der Waals surface area contributed by atoms with Crippen LogP contribution in [0.25, 0.3) is 0 Å². The number of carbonyl (C=O) groups excluding carboxylic acids is 1. The Hall–Kier alpha value is -1.42. The molecule has 0 heterocycles. The lowest BCUT2D eigenvalue weighted by molar-refractivity contribution is 0.0665. The number of benzene rings is 1. The first kappa shape index (κ1) is 15.6. The molecule has 0 aromatic heterocycles. The SMILES string of the molecule is CCN(CC)C(C)(C)C(=O)c1cc(F)ccc1OC. The van der Waals surface area contributed by atoms with Crippen LogP contribution in [0.2, 0.25) is 0 Å². The third-order valence-electron chi connectivity index (χ3n) is 3.52. The number of methoxy groups -OCH3 is 1. The van der Waals surface area contributed by atoms with E-state index in [1.807, 2.05) is 32.6 Å². The minimum absolute atomic E-state index is 0.132. The van der Waals surface area contributed by atoms with E-state index in [9.17, 15) is 9.18 Å². The lowest BCUT2D eigenvalue weighted by Crippen LogP contribution is -2.50. The summed E-state index contributed by atoms with van der Waals surface area (Å²) in [6.07, 6.45) is 0. The molecular weight excluding hydrogens is 245 g/mol. The third-order valence-corrected chi connectivity index (χ3v) is 3.52. The summed E-state index contributed by atoms with van der Waals surface area (Å²) >= 11 is 0. The molecule has 1 aromatic rings. The van der Waals surface area contributed by atoms with Crippen molar-refractivity contribution in [3.8, 4) is 5.75 Å². The summed E-state index contributed by atoms with van der Waals surface area (Å²) < 4.78 is 18.5. The Morgan fingerprint density at radius 3 is 2.37 bits per heavy atom. The number of likely N-dealkylation sites (N-methyl/N-ethyl adjacent to an activating group) is 1. The summed E-state index contributed by atoms with van der Waals surface area (Å²) in [4.78, 5) is 14.7. The molecule has 106 valence electrons. The molecule has 0 saturated heterocycles. The molecule has 0 bridgehead atoms. The predicted octanol–water partition coefficient (Wildman–Crippen LogP) is 3.14. The van der Waals surface area contributed by atoms with Gasteiger partial charge in [0.15, 0.2) is 5.78 Å². The molecule has 0 N–H and O–H groups in total. The van der Waals surface area contributed by atoms with Gasteiger partial charge in [0.2, 0.25) is 0 Å². The fourth-order valence-electron chi connectivity index (χ4n) is 2.34. The van der Waals surface area contributed by atoms with E-state index in [0.717, 1.165) is 13.1 Å². The zero-order valence-electron chi connectivity index (χ0n) is 12.3. The number of ether oxygens (including phenoxy) is 1. The highest BCUT2D eigenvalue weighted by molar-refractivity contribution is 6.04. The molecule has 0 amide bonds. The van der Waals surface area contributed by atoms with Crippen LogP contribution in [-0.4, -0.2) is 36.4 Å². The zero-order valence-corrected chi connectivity index (χ0v) is 12.3. The number of rotatable bonds is 6. The Morgan fingerprint density at radius 2 is 1.89 bits per heavy atom. The molecule has 19 heavy (non-hydrogen) atoms. The first-order valence-corrected chi connectivity index (χ1v) is 6.51. The van der Waals surface area contributed by atoms with Crippen molar-refractivity contribution < 1.29 is 13.9 Å². The van der Waals surface area contributed by atoms with Crippen molar-refractivity contribution in [1.82, 2.24) is 4.90 Å². The van der Waals surface area contributed by atoms with Crippen molar-refractivity contribution in [3.63, 3.8) is 0 Å². The molecular formula is C15H22FNO2. The molecule has 0 radical (unpaired) electrons. The highest BCUT2D eigenvalue weighted by atomic mass is 19.1. The summed E-state index contributed by atoms with van der Waals surface area (Å²) in [6.45, 7) is 9.22. The lowest BCUT2D eigenvalue weighted by atomic mass is 9.90. The Balaban J connectivity index is 3.22.